The maximum atomic E-state index is 13.4. The van der Waals surface area contributed by atoms with E-state index in [1.54, 1.807) is 30.3 Å². The molecule has 1 unspecified atom stereocenters. The van der Waals surface area contributed by atoms with Crippen molar-refractivity contribution in [3.05, 3.63) is 77.9 Å². The minimum Gasteiger partial charge on any atom is -0.486 e. The summed E-state index contributed by atoms with van der Waals surface area (Å²) < 4.78 is 50.3. The van der Waals surface area contributed by atoms with Crippen LogP contribution in [0.4, 0.5) is 18.9 Å². The Balaban J connectivity index is 1.41. The van der Waals surface area contributed by atoms with Crippen molar-refractivity contribution < 1.29 is 27.4 Å². The Morgan fingerprint density at radius 1 is 0.972 bits per heavy atom. The molecule has 2 fully saturated rings. The largest absolute Gasteiger partial charge is 0.573 e. The van der Waals surface area contributed by atoms with Crippen molar-refractivity contribution in [3.63, 3.8) is 0 Å². The molecule has 1 saturated heterocycles. The van der Waals surface area contributed by atoms with Crippen LogP contribution in [0.2, 0.25) is 0 Å². The topological polar surface area (TPSA) is 38.8 Å². The Hall–Kier alpha value is -3.48. The molecule has 1 aliphatic heterocycles. The Bertz CT molecular complexity index is 1240. The third-order valence-electron chi connectivity index (χ3n) is 6.90. The average molecular weight is 496 g/mol. The summed E-state index contributed by atoms with van der Waals surface area (Å²) in [7, 11) is 0. The Morgan fingerprint density at radius 3 is 2.39 bits per heavy atom. The standard InChI is InChI=1S/C29H28F3NO3/c1-19-5-2-3-6-24(19)25-7-4-16-33(25)26-15-12-22(17-28(26)36-29(30,31)32)20-10-13-23(14-11-20)35-18-27(34)21-8-9-21/h2-3,5-6,10-15,17,21,25H,4,7-9,16,18H2,1H3. The van der Waals surface area contributed by atoms with Gasteiger partial charge in [-0.05, 0) is 79.1 Å². The Morgan fingerprint density at radius 2 is 1.69 bits per heavy atom. The fraction of sp³-hybridized carbons (Fsp3) is 0.345. The van der Waals surface area contributed by atoms with Crippen molar-refractivity contribution in [1.82, 2.24) is 0 Å². The van der Waals surface area contributed by atoms with Gasteiger partial charge in [0, 0.05) is 12.5 Å². The number of hydrogen-bond acceptors (Lipinski definition) is 4. The van der Waals surface area contributed by atoms with Gasteiger partial charge in [0.1, 0.15) is 12.4 Å². The van der Waals surface area contributed by atoms with Crippen LogP contribution in [0.3, 0.4) is 0 Å². The van der Waals surface area contributed by atoms with E-state index in [2.05, 4.69) is 4.74 Å². The van der Waals surface area contributed by atoms with Crippen LogP contribution in [0.25, 0.3) is 11.1 Å². The molecule has 1 aliphatic carbocycles. The molecule has 4 nitrogen and oxygen atoms in total. The van der Waals surface area contributed by atoms with Crippen LogP contribution in [0, 0.1) is 12.8 Å². The van der Waals surface area contributed by atoms with Gasteiger partial charge in [0.25, 0.3) is 0 Å². The predicted molar refractivity (Wildman–Crippen MR) is 132 cm³/mol. The molecule has 0 amide bonds. The zero-order chi connectivity index (χ0) is 25.3. The van der Waals surface area contributed by atoms with Gasteiger partial charge in [0.05, 0.1) is 11.7 Å². The lowest BCUT2D eigenvalue weighted by atomic mass is 9.98. The number of nitrogens with zero attached hydrogens (tertiary/aromatic N) is 1. The highest BCUT2D eigenvalue weighted by Gasteiger charge is 2.35. The quantitative estimate of drug-likeness (QED) is 0.330. The third kappa shape index (κ3) is 5.50. The SMILES string of the molecule is Cc1ccccc1C1CCCN1c1ccc(-c2ccc(OCC(=O)C3CC3)cc2)cc1OC(F)(F)F. The number of alkyl halides is 3. The number of rotatable bonds is 8. The molecule has 1 heterocycles. The lowest BCUT2D eigenvalue weighted by molar-refractivity contribution is -0.274. The molecule has 188 valence electrons. The van der Waals surface area contributed by atoms with Crippen molar-refractivity contribution in [2.75, 3.05) is 18.1 Å². The number of halogens is 3. The van der Waals surface area contributed by atoms with Crippen molar-refractivity contribution in [1.29, 1.82) is 0 Å². The first-order chi connectivity index (χ1) is 17.3. The average Bonchev–Trinajstić information content (AvgIpc) is 3.60. The van der Waals surface area contributed by atoms with E-state index in [0.29, 0.717) is 23.5 Å². The molecule has 0 N–H and O–H groups in total. The van der Waals surface area contributed by atoms with Crippen LogP contribution in [-0.2, 0) is 4.79 Å². The molecule has 0 aromatic heterocycles. The molecule has 3 aromatic rings. The van der Waals surface area contributed by atoms with E-state index in [1.165, 1.54) is 6.07 Å². The lowest BCUT2D eigenvalue weighted by Gasteiger charge is -2.30. The van der Waals surface area contributed by atoms with E-state index < -0.39 is 6.36 Å². The predicted octanol–water partition coefficient (Wildman–Crippen LogP) is 7.26. The smallest absolute Gasteiger partial charge is 0.486 e. The van der Waals surface area contributed by atoms with Gasteiger partial charge in [-0.15, -0.1) is 13.2 Å². The van der Waals surface area contributed by atoms with Gasteiger partial charge >= 0.3 is 6.36 Å². The fourth-order valence-electron chi connectivity index (χ4n) is 4.90. The summed E-state index contributed by atoms with van der Waals surface area (Å²) in [5, 5.41) is 0. The molecular weight excluding hydrogens is 467 g/mol. The molecule has 2 aliphatic rings. The summed E-state index contributed by atoms with van der Waals surface area (Å²) in [5.74, 6) is 0.579. The van der Waals surface area contributed by atoms with Gasteiger partial charge in [-0.25, -0.2) is 0 Å². The van der Waals surface area contributed by atoms with Crippen LogP contribution in [0.5, 0.6) is 11.5 Å². The van der Waals surface area contributed by atoms with Crippen LogP contribution in [0.1, 0.15) is 42.9 Å². The second-order valence-corrected chi connectivity index (χ2v) is 9.49. The summed E-state index contributed by atoms with van der Waals surface area (Å²) in [4.78, 5) is 13.9. The van der Waals surface area contributed by atoms with E-state index in [4.69, 9.17) is 4.74 Å². The highest BCUT2D eigenvalue weighted by molar-refractivity contribution is 5.84. The molecule has 0 bridgehead atoms. The van der Waals surface area contributed by atoms with Gasteiger partial charge in [-0.3, -0.25) is 4.79 Å². The van der Waals surface area contributed by atoms with Crippen LogP contribution < -0.4 is 14.4 Å². The summed E-state index contributed by atoms with van der Waals surface area (Å²) >= 11 is 0. The van der Waals surface area contributed by atoms with Gasteiger partial charge < -0.3 is 14.4 Å². The third-order valence-corrected chi connectivity index (χ3v) is 6.90. The number of carbonyl (C=O) groups is 1. The Kier molecular flexibility index (Phi) is 6.65. The summed E-state index contributed by atoms with van der Waals surface area (Å²) in [6.07, 6.45) is -1.19. The molecule has 1 saturated carbocycles. The van der Waals surface area contributed by atoms with Crippen molar-refractivity contribution in [2.45, 2.75) is 45.0 Å². The van der Waals surface area contributed by atoms with E-state index in [9.17, 15) is 18.0 Å². The van der Waals surface area contributed by atoms with E-state index in [-0.39, 0.29) is 30.1 Å². The fourth-order valence-corrected chi connectivity index (χ4v) is 4.90. The number of benzene rings is 3. The summed E-state index contributed by atoms with van der Waals surface area (Å²) in [5.41, 5.74) is 4.00. The number of ether oxygens (including phenoxy) is 2. The second kappa shape index (κ2) is 9.88. The molecular formula is C29H28F3NO3. The van der Waals surface area contributed by atoms with E-state index >= 15 is 0 Å². The minimum absolute atomic E-state index is 0.0117. The normalized spacial score (nSPS) is 17.8. The second-order valence-electron chi connectivity index (χ2n) is 9.49. The zero-order valence-electron chi connectivity index (χ0n) is 20.1. The van der Waals surface area contributed by atoms with Crippen LogP contribution >= 0.6 is 0 Å². The van der Waals surface area contributed by atoms with Gasteiger partial charge in [-0.2, -0.15) is 0 Å². The van der Waals surface area contributed by atoms with E-state index in [1.807, 2.05) is 42.2 Å². The zero-order valence-corrected chi connectivity index (χ0v) is 20.1. The number of carbonyl (C=O) groups excluding carboxylic acids is 1. The highest BCUT2D eigenvalue weighted by atomic mass is 19.4. The Labute approximate surface area is 208 Å². The van der Waals surface area contributed by atoms with Crippen LogP contribution in [-0.4, -0.2) is 25.3 Å². The van der Waals surface area contributed by atoms with Crippen molar-refractivity contribution in [3.8, 4) is 22.6 Å². The van der Waals surface area contributed by atoms with Crippen molar-refractivity contribution in [2.24, 2.45) is 5.92 Å². The number of hydrogen-bond donors (Lipinski definition) is 0. The molecule has 1 atom stereocenters. The van der Waals surface area contributed by atoms with Gasteiger partial charge in [0.2, 0.25) is 0 Å². The molecule has 0 radical (unpaired) electrons. The van der Waals surface area contributed by atoms with E-state index in [0.717, 1.165) is 42.4 Å². The maximum absolute atomic E-state index is 13.4. The van der Waals surface area contributed by atoms with Gasteiger partial charge in [-0.1, -0.05) is 42.5 Å². The maximum Gasteiger partial charge on any atom is 0.573 e. The number of anilines is 1. The van der Waals surface area contributed by atoms with Crippen LogP contribution in [0.15, 0.2) is 66.7 Å². The monoisotopic (exact) mass is 495 g/mol. The van der Waals surface area contributed by atoms with Gasteiger partial charge in [0.15, 0.2) is 11.5 Å². The van der Waals surface area contributed by atoms with Crippen molar-refractivity contribution >= 4 is 11.5 Å². The molecule has 3 aromatic carbocycles. The first-order valence-corrected chi connectivity index (χ1v) is 12.3. The molecule has 7 heteroatoms. The number of Topliss-reactive ketones (excluding diaryl/α,β-unsaturated/α-hetero) is 1. The number of aryl methyl sites for hydroxylation is 1. The minimum atomic E-state index is -4.81. The molecule has 36 heavy (non-hydrogen) atoms. The molecule has 0 spiro atoms. The summed E-state index contributed by atoms with van der Waals surface area (Å²) in [6, 6.07) is 20.0. The highest BCUT2D eigenvalue weighted by Crippen LogP contribution is 2.44. The first-order valence-electron chi connectivity index (χ1n) is 12.3. The molecule has 5 rings (SSSR count). The summed E-state index contributed by atoms with van der Waals surface area (Å²) in [6.45, 7) is 2.72. The first kappa shape index (κ1) is 24.2. The lowest BCUT2D eigenvalue weighted by Crippen LogP contribution is -2.25. The number of ketones is 1.